The first kappa shape index (κ1) is 40.6. The lowest BCUT2D eigenvalue weighted by Crippen LogP contribution is -2.22. The molecule has 1 unspecified atom stereocenters. The van der Waals surface area contributed by atoms with Crippen LogP contribution in [0, 0.1) is 0 Å². The van der Waals surface area contributed by atoms with Crippen LogP contribution in [-0.2, 0) is 20.0 Å². The molecule has 0 aliphatic heterocycles. The van der Waals surface area contributed by atoms with Crippen LogP contribution in [0.15, 0.2) is 48.5 Å². The van der Waals surface area contributed by atoms with Gasteiger partial charge in [0.05, 0.1) is 41.2 Å². The maximum absolute atomic E-state index is 12.6. The number of para-hydroxylation sites is 2. The van der Waals surface area contributed by atoms with Crippen molar-refractivity contribution in [1.82, 2.24) is 19.9 Å². The van der Waals surface area contributed by atoms with Gasteiger partial charge >= 0.3 is 11.5 Å². The van der Waals surface area contributed by atoms with Gasteiger partial charge in [-0.2, -0.15) is 27.5 Å². The highest BCUT2D eigenvalue weighted by atomic mass is 35.5. The van der Waals surface area contributed by atoms with Gasteiger partial charge in [0, 0.05) is 17.7 Å². The van der Waals surface area contributed by atoms with Crippen LogP contribution in [0.1, 0.15) is 33.7 Å². The van der Waals surface area contributed by atoms with Crippen molar-refractivity contribution in [2.75, 3.05) is 23.7 Å². The number of nitrogens with one attached hydrogen (secondary N) is 2. The van der Waals surface area contributed by atoms with Gasteiger partial charge < -0.3 is 14.6 Å². The number of aliphatic hydroxyl groups is 1. The molecule has 50 heavy (non-hydrogen) atoms. The highest BCUT2D eigenvalue weighted by Gasteiger charge is 2.30. The second-order valence-electron chi connectivity index (χ2n) is 9.06. The number of aliphatic hydroxyl groups excluding tert-OH is 1. The van der Waals surface area contributed by atoms with Gasteiger partial charge in [0.1, 0.15) is 16.4 Å². The van der Waals surface area contributed by atoms with E-state index in [1.54, 1.807) is 9.44 Å². The van der Waals surface area contributed by atoms with Crippen molar-refractivity contribution in [3.63, 3.8) is 0 Å². The smallest absolute Gasteiger partial charge is 0.355 e. The quantitative estimate of drug-likeness (QED) is 0.0880. The average molecular weight is 826 g/mol. The first-order valence-corrected chi connectivity index (χ1v) is 17.5. The molecule has 2 aromatic carbocycles. The van der Waals surface area contributed by atoms with Crippen molar-refractivity contribution < 1.29 is 53.8 Å². The summed E-state index contributed by atoms with van der Waals surface area (Å²) in [7, 11) is -7.45. The minimum Gasteiger partial charge on any atom is -0.481 e. The Morgan fingerprint density at radius 1 is 0.740 bits per heavy atom. The molecule has 0 aliphatic rings. The Bertz CT molecular complexity index is 2100. The fourth-order valence-corrected chi connectivity index (χ4v) is 5.68. The number of anilines is 2. The van der Waals surface area contributed by atoms with Gasteiger partial charge in [0.15, 0.2) is 5.82 Å². The molecule has 0 amide bonds. The molecule has 4 rings (SSSR count). The number of rotatable bonds is 12. The zero-order valence-electron chi connectivity index (χ0n) is 24.8. The van der Waals surface area contributed by atoms with E-state index >= 15 is 0 Å². The first-order chi connectivity index (χ1) is 23.3. The molecule has 270 valence electrons. The fraction of sp³-hybridized carbons (Fsp3) is 0.192. The van der Waals surface area contributed by atoms with E-state index in [2.05, 4.69) is 19.9 Å². The van der Waals surface area contributed by atoms with Crippen LogP contribution in [0.4, 0.5) is 28.9 Å². The van der Waals surface area contributed by atoms with Crippen molar-refractivity contribution in [2.24, 2.45) is 0 Å². The van der Waals surface area contributed by atoms with Crippen molar-refractivity contribution in [3.05, 3.63) is 91.7 Å². The minimum atomic E-state index is -5.04. The monoisotopic (exact) mass is 824 g/mol. The maximum Gasteiger partial charge on any atom is 0.355 e. The summed E-state index contributed by atoms with van der Waals surface area (Å²) in [6.07, 6.45) is -1.61. The molecule has 0 saturated heterocycles. The zero-order chi connectivity index (χ0) is 37.6. The lowest BCUT2D eigenvalue weighted by molar-refractivity contribution is 0.102. The normalized spacial score (nSPS) is 12.2. The summed E-state index contributed by atoms with van der Waals surface area (Å²) in [4.78, 5) is 27.8. The summed E-state index contributed by atoms with van der Waals surface area (Å²) >= 11 is 23.3. The van der Waals surface area contributed by atoms with Gasteiger partial charge in [-0.15, -0.1) is 0 Å². The number of hydrogen-bond donors (Lipinski definition) is 3. The number of aromatic nitrogens is 4. The van der Waals surface area contributed by atoms with E-state index in [9.17, 15) is 44.3 Å². The summed E-state index contributed by atoms with van der Waals surface area (Å²) in [6, 6.07) is 10.2. The third-order valence-electron chi connectivity index (χ3n) is 5.78. The van der Waals surface area contributed by atoms with Gasteiger partial charge in [-0.3, -0.25) is 14.2 Å². The molecule has 0 aliphatic carbocycles. The van der Waals surface area contributed by atoms with Crippen LogP contribution in [0.2, 0.25) is 20.4 Å². The Morgan fingerprint density at radius 2 is 1.22 bits per heavy atom. The molecular formula is C26H20Cl4F4N6O8S2. The van der Waals surface area contributed by atoms with Crippen LogP contribution >= 0.6 is 46.4 Å². The lowest BCUT2D eigenvalue weighted by atomic mass is 10.1. The highest BCUT2D eigenvalue weighted by Crippen LogP contribution is 2.35. The number of halogens is 8. The molecule has 24 heteroatoms. The van der Waals surface area contributed by atoms with Crippen LogP contribution in [-0.4, -0.2) is 73.4 Å². The number of nitrogens with zero attached hydrogens (tertiary/aromatic N) is 4. The Labute approximate surface area is 300 Å². The molecule has 14 nitrogen and oxygen atoms in total. The van der Waals surface area contributed by atoms with Crippen molar-refractivity contribution >= 4 is 83.6 Å². The van der Waals surface area contributed by atoms with Crippen molar-refractivity contribution in [2.45, 2.75) is 17.6 Å². The van der Waals surface area contributed by atoms with E-state index in [1.807, 2.05) is 0 Å². The minimum absolute atomic E-state index is 0.0138. The molecule has 1 atom stereocenters. The largest absolute Gasteiger partial charge is 0.481 e. The molecule has 0 fully saturated rings. The first-order valence-electron chi connectivity index (χ1n) is 12.9. The molecule has 0 bridgehead atoms. The lowest BCUT2D eigenvalue weighted by Gasteiger charge is -2.17. The topological polar surface area (TPSA) is 200 Å². The molecule has 2 heterocycles. The Morgan fingerprint density at radius 3 is 1.76 bits per heavy atom. The third kappa shape index (κ3) is 10.1. The van der Waals surface area contributed by atoms with Crippen LogP contribution < -0.4 is 18.9 Å². The summed E-state index contributed by atoms with van der Waals surface area (Å²) in [5, 5.41) is 9.85. The number of carbonyl (C=O) groups is 1. The molecule has 0 saturated carbocycles. The average Bonchev–Trinajstić information content (AvgIpc) is 3.05. The Kier molecular flexibility index (Phi) is 13.8. The number of sulfonamides is 2. The summed E-state index contributed by atoms with van der Waals surface area (Å²) < 4.78 is 109. The molecule has 3 N–H and O–H groups in total. The predicted octanol–water partition coefficient (Wildman–Crippen LogP) is 5.83. The molecular weight excluding hydrogens is 806 g/mol. The SMILES string of the molecule is COc1cc(Cl)nc(C(=O)c2cccc(Cl)c2NS(=O)(=O)C(F)F)n1.COc1cc(Cl)nc(C(O)c2cccc(Cl)c2NS(=O)(=O)C(F)F)n1. The Hall–Kier alpha value is -3.79. The predicted molar refractivity (Wildman–Crippen MR) is 175 cm³/mol. The van der Waals surface area contributed by atoms with E-state index in [0.29, 0.717) is 0 Å². The second-order valence-corrected chi connectivity index (χ2v) is 14.0. The number of carbonyl (C=O) groups excluding carboxylic acids is 1. The van der Waals surface area contributed by atoms with Gasteiger partial charge in [-0.05, 0) is 18.2 Å². The van der Waals surface area contributed by atoms with E-state index in [-0.39, 0.29) is 49.1 Å². The number of hydrogen-bond acceptors (Lipinski definition) is 12. The van der Waals surface area contributed by atoms with Gasteiger partial charge in [-0.1, -0.05) is 64.6 Å². The fourth-order valence-electron chi connectivity index (χ4n) is 3.57. The summed E-state index contributed by atoms with van der Waals surface area (Å²) in [6.45, 7) is 0. The summed E-state index contributed by atoms with van der Waals surface area (Å²) in [5.74, 6) is -8.92. The van der Waals surface area contributed by atoms with Crippen LogP contribution in [0.3, 0.4) is 0 Å². The van der Waals surface area contributed by atoms with Crippen LogP contribution in [0.25, 0.3) is 0 Å². The van der Waals surface area contributed by atoms with Crippen LogP contribution in [0.5, 0.6) is 11.8 Å². The van der Waals surface area contributed by atoms with Gasteiger partial charge in [-0.25, -0.2) is 26.8 Å². The van der Waals surface area contributed by atoms with Gasteiger partial charge in [0.2, 0.25) is 23.4 Å². The van der Waals surface area contributed by atoms with E-state index in [4.69, 9.17) is 55.9 Å². The number of methoxy groups -OCH3 is 2. The van der Waals surface area contributed by atoms with E-state index in [1.165, 1.54) is 62.8 Å². The second kappa shape index (κ2) is 16.9. The molecule has 0 spiro atoms. The van der Waals surface area contributed by atoms with Crippen molar-refractivity contribution in [1.29, 1.82) is 0 Å². The number of ether oxygens (including phenoxy) is 2. The van der Waals surface area contributed by atoms with Crippen molar-refractivity contribution in [3.8, 4) is 11.8 Å². The highest BCUT2D eigenvalue weighted by molar-refractivity contribution is 7.93. The molecule has 0 radical (unpaired) electrons. The maximum atomic E-state index is 12.6. The van der Waals surface area contributed by atoms with E-state index < -0.39 is 60.6 Å². The molecule has 4 aromatic rings. The zero-order valence-corrected chi connectivity index (χ0v) is 29.4. The third-order valence-corrected chi connectivity index (χ3v) is 8.72. The number of ketones is 1. The summed E-state index contributed by atoms with van der Waals surface area (Å²) in [5.41, 5.74) is -1.40. The van der Waals surface area contributed by atoms with E-state index in [0.717, 1.165) is 0 Å². The number of alkyl halides is 4. The standard InChI is InChI=1S/C13H11Cl2F2N3O4S.C13H9Cl2F2N3O4S/c2*1-24-9-5-8(15)18-12(19-9)11(21)6-3-2-4-7(14)10(6)20-25(22,23)13(16)17/h2-5,11,13,20-21H,1H3;2-5,13,20H,1H3. The number of benzene rings is 2. The van der Waals surface area contributed by atoms with Gasteiger partial charge in [0.25, 0.3) is 20.0 Å². The Balaban J connectivity index is 0.000000270. The molecule has 2 aromatic heterocycles.